The Morgan fingerprint density at radius 3 is 2.92 bits per heavy atom. The van der Waals surface area contributed by atoms with Crippen LogP contribution in [0.2, 0.25) is 0 Å². The van der Waals surface area contributed by atoms with E-state index in [9.17, 15) is 0 Å². The fourth-order valence-corrected chi connectivity index (χ4v) is 4.09. The van der Waals surface area contributed by atoms with Crippen LogP contribution < -0.4 is 0 Å². The molecule has 0 amide bonds. The molecule has 1 saturated carbocycles. The molecule has 2 bridgehead atoms. The fraction of sp³-hybridized carbons (Fsp3) is 0.636. The zero-order valence-corrected chi connectivity index (χ0v) is 9.20. The quantitative estimate of drug-likeness (QED) is 0.641. The van der Waals surface area contributed by atoms with Crippen LogP contribution in [0.3, 0.4) is 0 Å². The third kappa shape index (κ3) is 0.962. The molecule has 0 unspecified atom stereocenters. The Morgan fingerprint density at radius 2 is 2.15 bits per heavy atom. The molecule has 0 N–H and O–H groups in total. The third-order valence-corrected chi connectivity index (χ3v) is 4.53. The minimum absolute atomic E-state index is 0.324. The molecule has 1 nitrogen and oxygen atoms in total. The van der Waals surface area contributed by atoms with Crippen molar-refractivity contribution in [2.45, 2.75) is 12.5 Å². The average molecular weight is 241 g/mol. The summed E-state index contributed by atoms with van der Waals surface area (Å²) in [6.07, 6.45) is 8.82. The van der Waals surface area contributed by atoms with E-state index in [0.29, 0.717) is 6.10 Å². The lowest BCUT2D eigenvalue weighted by atomic mass is 9.84. The highest BCUT2D eigenvalue weighted by atomic mass is 79.9. The number of hydrogen-bond donors (Lipinski definition) is 0. The van der Waals surface area contributed by atoms with Crippen molar-refractivity contribution >= 4 is 15.9 Å². The van der Waals surface area contributed by atoms with E-state index < -0.39 is 0 Å². The van der Waals surface area contributed by atoms with Crippen LogP contribution in [0.25, 0.3) is 0 Å². The number of methoxy groups -OCH3 is 1. The van der Waals surface area contributed by atoms with Gasteiger partial charge in [-0.2, -0.15) is 0 Å². The SMILES string of the molecule is CO[C@H]1C(Br)=C[C@@H]2[C@H]1[C@H]1C=C[C@H]2C1. The lowest BCUT2D eigenvalue weighted by Gasteiger charge is -2.25. The Bertz CT molecular complexity index is 294. The number of halogens is 1. The Balaban J connectivity index is 1.97. The zero-order valence-electron chi connectivity index (χ0n) is 7.61. The minimum Gasteiger partial charge on any atom is -0.376 e. The summed E-state index contributed by atoms with van der Waals surface area (Å²) in [5, 5.41) is 0. The van der Waals surface area contributed by atoms with Gasteiger partial charge in [-0.15, -0.1) is 0 Å². The number of fused-ring (bicyclic) bond motifs is 5. The molecule has 1 fully saturated rings. The van der Waals surface area contributed by atoms with Gasteiger partial charge in [-0.05, 0) is 24.2 Å². The van der Waals surface area contributed by atoms with Gasteiger partial charge in [0, 0.05) is 17.5 Å². The summed E-state index contributed by atoms with van der Waals surface area (Å²) in [6, 6.07) is 0. The Kier molecular flexibility index (Phi) is 1.72. The molecule has 0 saturated heterocycles. The molecule has 0 aromatic carbocycles. The van der Waals surface area contributed by atoms with Crippen LogP contribution >= 0.6 is 15.9 Å². The van der Waals surface area contributed by atoms with Crippen LogP contribution in [-0.2, 0) is 4.74 Å². The van der Waals surface area contributed by atoms with Gasteiger partial charge in [0.25, 0.3) is 0 Å². The predicted octanol–water partition coefficient (Wildman–Crippen LogP) is 2.73. The summed E-state index contributed by atoms with van der Waals surface area (Å²) in [6.45, 7) is 0. The van der Waals surface area contributed by atoms with Gasteiger partial charge in [0.1, 0.15) is 0 Å². The first-order valence-electron chi connectivity index (χ1n) is 4.89. The molecule has 5 atom stereocenters. The van der Waals surface area contributed by atoms with Crippen LogP contribution in [0, 0.1) is 23.7 Å². The third-order valence-electron chi connectivity index (χ3n) is 3.81. The van der Waals surface area contributed by atoms with E-state index in [4.69, 9.17) is 4.74 Å². The smallest absolute Gasteiger partial charge is 0.0922 e. The average Bonchev–Trinajstić information content (AvgIpc) is 2.72. The van der Waals surface area contributed by atoms with Crippen LogP contribution in [0.15, 0.2) is 22.7 Å². The summed E-state index contributed by atoms with van der Waals surface area (Å²) < 4.78 is 6.81. The molecule has 0 aromatic rings. The maximum Gasteiger partial charge on any atom is 0.0922 e. The normalized spacial score (nSPS) is 51.2. The van der Waals surface area contributed by atoms with Crippen molar-refractivity contribution in [1.29, 1.82) is 0 Å². The Morgan fingerprint density at radius 1 is 1.38 bits per heavy atom. The first kappa shape index (κ1) is 8.25. The molecule has 0 heterocycles. The van der Waals surface area contributed by atoms with E-state index in [2.05, 4.69) is 34.2 Å². The lowest BCUT2D eigenvalue weighted by Crippen LogP contribution is -2.26. The predicted molar refractivity (Wildman–Crippen MR) is 55.5 cm³/mol. The Labute approximate surface area is 87.0 Å². The maximum atomic E-state index is 5.54. The molecular weight excluding hydrogens is 228 g/mol. The minimum atomic E-state index is 0.324. The number of ether oxygens (including phenoxy) is 1. The van der Waals surface area contributed by atoms with Crippen LogP contribution in [0.4, 0.5) is 0 Å². The van der Waals surface area contributed by atoms with Crippen molar-refractivity contribution in [2.75, 3.05) is 7.11 Å². The fourth-order valence-electron chi connectivity index (χ4n) is 3.29. The zero-order chi connectivity index (χ0) is 9.00. The van der Waals surface area contributed by atoms with Gasteiger partial charge in [-0.25, -0.2) is 0 Å². The number of allylic oxidation sites excluding steroid dienone is 3. The molecule has 0 aromatic heterocycles. The molecule has 3 aliphatic rings. The summed E-state index contributed by atoms with van der Waals surface area (Å²) in [5.74, 6) is 3.03. The second-order valence-corrected chi connectivity index (χ2v) is 5.23. The molecule has 3 aliphatic carbocycles. The first-order valence-corrected chi connectivity index (χ1v) is 5.69. The highest BCUT2D eigenvalue weighted by Gasteiger charge is 2.51. The molecule has 2 heteroatoms. The number of hydrogen-bond acceptors (Lipinski definition) is 1. The van der Waals surface area contributed by atoms with E-state index >= 15 is 0 Å². The van der Waals surface area contributed by atoms with Crippen molar-refractivity contribution in [1.82, 2.24) is 0 Å². The van der Waals surface area contributed by atoms with Gasteiger partial charge in [-0.3, -0.25) is 0 Å². The van der Waals surface area contributed by atoms with Gasteiger partial charge in [0.05, 0.1) is 6.10 Å². The van der Waals surface area contributed by atoms with E-state index in [1.165, 1.54) is 10.9 Å². The molecule has 0 spiro atoms. The van der Waals surface area contributed by atoms with E-state index in [1.54, 1.807) is 0 Å². The van der Waals surface area contributed by atoms with E-state index in [0.717, 1.165) is 23.7 Å². The van der Waals surface area contributed by atoms with Crippen molar-refractivity contribution in [3.63, 3.8) is 0 Å². The van der Waals surface area contributed by atoms with Gasteiger partial charge < -0.3 is 4.74 Å². The van der Waals surface area contributed by atoms with Gasteiger partial charge >= 0.3 is 0 Å². The van der Waals surface area contributed by atoms with Gasteiger partial charge in [-0.1, -0.05) is 34.2 Å². The van der Waals surface area contributed by atoms with E-state index in [-0.39, 0.29) is 0 Å². The Hall–Kier alpha value is -0.0800. The van der Waals surface area contributed by atoms with Gasteiger partial charge in [0.15, 0.2) is 0 Å². The molecule has 3 rings (SSSR count). The van der Waals surface area contributed by atoms with Crippen molar-refractivity contribution in [2.24, 2.45) is 23.7 Å². The highest BCUT2D eigenvalue weighted by molar-refractivity contribution is 9.11. The van der Waals surface area contributed by atoms with Crippen LogP contribution in [0.1, 0.15) is 6.42 Å². The van der Waals surface area contributed by atoms with E-state index in [1.807, 2.05) is 7.11 Å². The largest absolute Gasteiger partial charge is 0.376 e. The monoisotopic (exact) mass is 240 g/mol. The van der Waals surface area contributed by atoms with Crippen LogP contribution in [-0.4, -0.2) is 13.2 Å². The van der Waals surface area contributed by atoms with Gasteiger partial charge in [0.2, 0.25) is 0 Å². The lowest BCUT2D eigenvalue weighted by molar-refractivity contribution is 0.0747. The first-order chi connectivity index (χ1) is 6.31. The maximum absolute atomic E-state index is 5.54. The summed E-state index contributed by atoms with van der Waals surface area (Å²) in [5.41, 5.74) is 0. The topological polar surface area (TPSA) is 9.23 Å². The molecule has 13 heavy (non-hydrogen) atoms. The second kappa shape index (κ2) is 2.71. The second-order valence-electron chi connectivity index (χ2n) is 4.31. The molecule has 70 valence electrons. The van der Waals surface area contributed by atoms with Crippen LogP contribution in [0.5, 0.6) is 0 Å². The molecule has 0 aliphatic heterocycles. The van der Waals surface area contributed by atoms with Crippen molar-refractivity contribution in [3.8, 4) is 0 Å². The summed E-state index contributed by atoms with van der Waals surface area (Å²) in [7, 11) is 1.82. The standard InChI is InChI=1S/C11H13BrO/c1-13-11-9(12)5-8-6-2-3-7(4-6)10(8)11/h2-3,5-8,10-11H,4H2,1H3/t6-,7-,8-,10+,11-/m0/s1. The number of rotatable bonds is 1. The van der Waals surface area contributed by atoms with Crippen molar-refractivity contribution < 1.29 is 4.74 Å². The molecule has 0 radical (unpaired) electrons. The highest BCUT2D eigenvalue weighted by Crippen LogP contribution is 2.55. The molecular formula is C11H13BrO. The summed E-state index contributed by atoms with van der Waals surface area (Å²) >= 11 is 3.61. The van der Waals surface area contributed by atoms with Crippen molar-refractivity contribution in [3.05, 3.63) is 22.7 Å². The summed E-state index contributed by atoms with van der Waals surface area (Å²) in [4.78, 5) is 0.